The summed E-state index contributed by atoms with van der Waals surface area (Å²) in [5.41, 5.74) is 2.93. The first-order valence-corrected chi connectivity index (χ1v) is 6.21. The summed E-state index contributed by atoms with van der Waals surface area (Å²) < 4.78 is 0.874. The fraction of sp³-hybridized carbons (Fsp3) is 0.500. The third-order valence-corrected chi connectivity index (χ3v) is 3.85. The molecule has 0 fully saturated rings. The van der Waals surface area contributed by atoms with Gasteiger partial charge in [-0.1, -0.05) is 37.9 Å². The molecule has 0 saturated heterocycles. The Morgan fingerprint density at radius 3 is 2.43 bits per heavy atom. The van der Waals surface area contributed by atoms with E-state index in [1.165, 1.54) is 16.0 Å². The molecule has 2 heteroatoms. The maximum absolute atomic E-state index is 5.93. The lowest BCUT2D eigenvalue weighted by molar-refractivity contribution is 0.734. The van der Waals surface area contributed by atoms with E-state index in [2.05, 4.69) is 33.8 Å². The Kier molecular flexibility index (Phi) is 4.21. The third-order valence-electron chi connectivity index (χ3n) is 2.50. The van der Waals surface area contributed by atoms with Crippen molar-refractivity contribution in [2.24, 2.45) is 5.92 Å². The van der Waals surface area contributed by atoms with Crippen molar-refractivity contribution >= 4 is 28.5 Å². The number of hydrogen-bond donors (Lipinski definition) is 0. The molecule has 0 aliphatic rings. The highest BCUT2D eigenvalue weighted by Gasteiger charge is 2.08. The Hall–Kier alpha value is -0.270. The molecule has 78 valence electrons. The maximum Gasteiger partial charge on any atom is 0.0934 e. The van der Waals surface area contributed by atoms with Crippen LogP contribution in [0, 0.1) is 5.92 Å². The van der Waals surface area contributed by atoms with Crippen molar-refractivity contribution in [2.75, 3.05) is 0 Å². The first-order valence-electron chi connectivity index (χ1n) is 5.01. The van der Waals surface area contributed by atoms with Gasteiger partial charge in [0.1, 0.15) is 0 Å². The lowest BCUT2D eigenvalue weighted by Gasteiger charge is -2.12. The molecular weight excluding hydrogens is 212 g/mol. The average Bonchev–Trinajstić information content (AvgIpc) is 2.52. The molecule has 14 heavy (non-hydrogen) atoms. The van der Waals surface area contributed by atoms with Gasteiger partial charge in [0.25, 0.3) is 0 Å². The highest BCUT2D eigenvalue weighted by atomic mass is 35.5. The number of hydrogen-bond acceptors (Lipinski definition) is 1. The molecule has 0 atom stereocenters. The van der Waals surface area contributed by atoms with Crippen LogP contribution in [0.25, 0.3) is 5.57 Å². The van der Waals surface area contributed by atoms with E-state index >= 15 is 0 Å². The lowest BCUT2D eigenvalue weighted by atomic mass is 9.95. The summed E-state index contributed by atoms with van der Waals surface area (Å²) >= 11 is 7.59. The van der Waals surface area contributed by atoms with Gasteiger partial charge in [-0.25, -0.2) is 0 Å². The van der Waals surface area contributed by atoms with Crippen LogP contribution in [0.3, 0.4) is 0 Å². The summed E-state index contributed by atoms with van der Waals surface area (Å²) in [5, 5.41) is 0. The zero-order valence-electron chi connectivity index (χ0n) is 9.23. The van der Waals surface area contributed by atoms with Crippen LogP contribution in [0.2, 0.25) is 4.34 Å². The Bertz CT molecular complexity index is 334. The standard InChI is InChI=1S/C12H17ClS/c1-5-10(8(2)3)9(4)11-6-7-12(13)14-11/h6-8H,5H2,1-4H3/b10-9-. The monoisotopic (exact) mass is 228 g/mol. The second-order valence-electron chi connectivity index (χ2n) is 3.76. The molecule has 1 heterocycles. The number of thiophene rings is 1. The van der Waals surface area contributed by atoms with Crippen LogP contribution in [-0.4, -0.2) is 0 Å². The van der Waals surface area contributed by atoms with Gasteiger partial charge in [-0.15, -0.1) is 11.3 Å². The van der Waals surface area contributed by atoms with Gasteiger partial charge in [-0.3, -0.25) is 0 Å². The fourth-order valence-corrected chi connectivity index (χ4v) is 2.86. The topological polar surface area (TPSA) is 0 Å². The van der Waals surface area contributed by atoms with Crippen LogP contribution in [0.4, 0.5) is 0 Å². The lowest BCUT2D eigenvalue weighted by Crippen LogP contribution is -1.95. The predicted octanol–water partition coefficient (Wildman–Crippen LogP) is 5.24. The van der Waals surface area contributed by atoms with Gasteiger partial charge in [0.05, 0.1) is 4.34 Å². The van der Waals surface area contributed by atoms with Crippen molar-refractivity contribution < 1.29 is 0 Å². The summed E-state index contributed by atoms with van der Waals surface area (Å²) in [6, 6.07) is 4.08. The van der Waals surface area contributed by atoms with Crippen LogP contribution in [0.15, 0.2) is 17.7 Å². The molecule has 0 saturated carbocycles. The number of rotatable bonds is 3. The van der Waals surface area contributed by atoms with E-state index in [-0.39, 0.29) is 0 Å². The minimum absolute atomic E-state index is 0.626. The zero-order valence-corrected chi connectivity index (χ0v) is 10.8. The third kappa shape index (κ3) is 2.61. The summed E-state index contributed by atoms with van der Waals surface area (Å²) in [5.74, 6) is 0.626. The second kappa shape index (κ2) is 4.99. The van der Waals surface area contributed by atoms with Crippen LogP contribution < -0.4 is 0 Å². The summed E-state index contributed by atoms with van der Waals surface area (Å²) in [4.78, 5) is 1.31. The van der Waals surface area contributed by atoms with Crippen LogP contribution >= 0.6 is 22.9 Å². The summed E-state index contributed by atoms with van der Waals surface area (Å²) in [7, 11) is 0. The van der Waals surface area contributed by atoms with Crippen molar-refractivity contribution in [1.29, 1.82) is 0 Å². The van der Waals surface area contributed by atoms with Crippen molar-refractivity contribution in [3.8, 4) is 0 Å². The normalized spacial score (nSPS) is 13.3. The molecule has 1 aromatic heterocycles. The van der Waals surface area contributed by atoms with E-state index in [0.717, 1.165) is 10.8 Å². The zero-order chi connectivity index (χ0) is 10.7. The molecule has 0 N–H and O–H groups in total. The Labute approximate surface area is 95.6 Å². The van der Waals surface area contributed by atoms with Crippen molar-refractivity contribution in [3.05, 3.63) is 26.9 Å². The SMILES string of the molecule is CC/C(=C(\C)c1ccc(Cl)s1)C(C)C. The van der Waals surface area contributed by atoms with Gasteiger partial charge in [0.2, 0.25) is 0 Å². The van der Waals surface area contributed by atoms with E-state index in [0.29, 0.717) is 5.92 Å². The molecule has 0 aromatic carbocycles. The van der Waals surface area contributed by atoms with Crippen LogP contribution in [-0.2, 0) is 0 Å². The van der Waals surface area contributed by atoms with Crippen molar-refractivity contribution in [3.63, 3.8) is 0 Å². The molecule has 0 radical (unpaired) electrons. The molecular formula is C12H17ClS. The van der Waals surface area contributed by atoms with Gasteiger partial charge < -0.3 is 0 Å². The van der Waals surface area contributed by atoms with E-state index in [1.54, 1.807) is 11.3 Å². The summed E-state index contributed by atoms with van der Waals surface area (Å²) in [6.07, 6.45) is 1.12. The van der Waals surface area contributed by atoms with E-state index in [1.807, 2.05) is 6.07 Å². The minimum Gasteiger partial charge on any atom is -0.124 e. The Balaban J connectivity index is 3.07. The van der Waals surface area contributed by atoms with Gasteiger partial charge in [-0.05, 0) is 37.0 Å². The first-order chi connectivity index (χ1) is 6.56. The maximum atomic E-state index is 5.93. The number of allylic oxidation sites excluding steroid dienone is 2. The highest BCUT2D eigenvalue weighted by molar-refractivity contribution is 7.17. The Morgan fingerprint density at radius 2 is 2.07 bits per heavy atom. The predicted molar refractivity (Wildman–Crippen MR) is 67.1 cm³/mol. The van der Waals surface area contributed by atoms with Gasteiger partial charge >= 0.3 is 0 Å². The van der Waals surface area contributed by atoms with Crippen LogP contribution in [0.1, 0.15) is 39.0 Å². The second-order valence-corrected chi connectivity index (χ2v) is 5.48. The van der Waals surface area contributed by atoms with Crippen molar-refractivity contribution in [2.45, 2.75) is 34.1 Å². The molecule has 0 nitrogen and oxygen atoms in total. The smallest absolute Gasteiger partial charge is 0.0934 e. The Morgan fingerprint density at radius 1 is 1.43 bits per heavy atom. The molecule has 1 aromatic rings. The van der Waals surface area contributed by atoms with Crippen LogP contribution in [0.5, 0.6) is 0 Å². The molecule has 0 amide bonds. The van der Waals surface area contributed by atoms with E-state index in [9.17, 15) is 0 Å². The van der Waals surface area contributed by atoms with Crippen molar-refractivity contribution in [1.82, 2.24) is 0 Å². The fourth-order valence-electron chi connectivity index (χ4n) is 1.78. The highest BCUT2D eigenvalue weighted by Crippen LogP contribution is 2.32. The van der Waals surface area contributed by atoms with E-state index < -0.39 is 0 Å². The van der Waals surface area contributed by atoms with E-state index in [4.69, 9.17) is 11.6 Å². The summed E-state index contributed by atoms with van der Waals surface area (Å²) in [6.45, 7) is 8.91. The number of halogens is 1. The average molecular weight is 229 g/mol. The van der Waals surface area contributed by atoms with Gasteiger partial charge in [-0.2, -0.15) is 0 Å². The molecule has 0 aliphatic carbocycles. The molecule has 0 bridgehead atoms. The van der Waals surface area contributed by atoms with Gasteiger partial charge in [0.15, 0.2) is 0 Å². The molecule has 0 aliphatic heterocycles. The van der Waals surface area contributed by atoms with Gasteiger partial charge in [0, 0.05) is 4.88 Å². The first kappa shape index (κ1) is 11.8. The quantitative estimate of drug-likeness (QED) is 0.664. The minimum atomic E-state index is 0.626. The molecule has 1 rings (SSSR count). The molecule has 0 unspecified atom stereocenters. The molecule has 0 spiro atoms. The largest absolute Gasteiger partial charge is 0.124 e.